The molecule has 0 N–H and O–H groups in total. The van der Waals surface area contributed by atoms with Crippen LogP contribution in [0.2, 0.25) is 0 Å². The molecule has 5 nitrogen and oxygen atoms in total. The highest BCUT2D eigenvalue weighted by Crippen LogP contribution is 2.34. The Hall–Kier alpha value is -0.200. The molecule has 2 fully saturated rings. The van der Waals surface area contributed by atoms with E-state index < -0.39 is 0 Å². The fraction of sp³-hybridized carbons (Fsp3) is 1.00. The van der Waals surface area contributed by atoms with Crippen molar-refractivity contribution in [2.24, 2.45) is 0 Å². The Labute approximate surface area is 140 Å². The molecule has 2 aliphatic heterocycles. The lowest BCUT2D eigenvalue weighted by molar-refractivity contribution is -0.262. The van der Waals surface area contributed by atoms with Crippen LogP contribution >= 0.6 is 0 Å². The summed E-state index contributed by atoms with van der Waals surface area (Å²) in [5.41, 5.74) is 0. The number of unbranched alkanes of at least 4 members (excludes halogenated alkanes) is 3. The molecule has 3 unspecified atom stereocenters. The normalized spacial score (nSPS) is 33.3. The van der Waals surface area contributed by atoms with Crippen molar-refractivity contribution in [3.8, 4) is 0 Å². The molecule has 0 aromatic carbocycles. The molecule has 136 valence electrons. The average molecular weight is 330 g/mol. The highest BCUT2D eigenvalue weighted by Gasteiger charge is 2.52. The lowest BCUT2D eigenvalue weighted by Crippen LogP contribution is -2.57. The molecular formula is C18H34O5. The molecular weight excluding hydrogens is 296 g/mol. The Balaban J connectivity index is 1.99. The second-order valence-electron chi connectivity index (χ2n) is 6.44. The van der Waals surface area contributed by atoms with Crippen molar-refractivity contribution in [1.29, 1.82) is 0 Å². The SMILES string of the molecule is CCCCOC1C(OCCCC)[C@@H](OCCCC)C2CO[C@@H]1O2. The van der Waals surface area contributed by atoms with E-state index in [0.29, 0.717) is 13.2 Å². The van der Waals surface area contributed by atoms with Gasteiger partial charge in [-0.05, 0) is 19.3 Å². The van der Waals surface area contributed by atoms with Crippen LogP contribution in [0.25, 0.3) is 0 Å². The molecule has 0 saturated carbocycles. The third kappa shape index (κ3) is 5.40. The summed E-state index contributed by atoms with van der Waals surface area (Å²) in [6, 6.07) is 0. The number of hydrogen-bond acceptors (Lipinski definition) is 5. The molecule has 0 radical (unpaired) electrons. The fourth-order valence-electron chi connectivity index (χ4n) is 2.99. The zero-order chi connectivity index (χ0) is 16.5. The van der Waals surface area contributed by atoms with Crippen LogP contribution in [0.1, 0.15) is 59.3 Å². The van der Waals surface area contributed by atoms with Gasteiger partial charge in [-0.2, -0.15) is 0 Å². The van der Waals surface area contributed by atoms with Gasteiger partial charge in [-0.3, -0.25) is 0 Å². The van der Waals surface area contributed by atoms with Crippen LogP contribution in [0, 0.1) is 0 Å². The van der Waals surface area contributed by atoms with Gasteiger partial charge in [0.2, 0.25) is 0 Å². The molecule has 0 amide bonds. The van der Waals surface area contributed by atoms with Crippen molar-refractivity contribution in [2.75, 3.05) is 26.4 Å². The molecule has 5 heteroatoms. The van der Waals surface area contributed by atoms with E-state index in [9.17, 15) is 0 Å². The van der Waals surface area contributed by atoms with Crippen LogP contribution in [-0.2, 0) is 23.7 Å². The zero-order valence-corrected chi connectivity index (χ0v) is 15.0. The minimum atomic E-state index is -0.311. The van der Waals surface area contributed by atoms with Gasteiger partial charge in [0.15, 0.2) is 6.29 Å². The smallest absolute Gasteiger partial charge is 0.187 e. The molecule has 2 bridgehead atoms. The maximum Gasteiger partial charge on any atom is 0.187 e. The fourth-order valence-corrected chi connectivity index (χ4v) is 2.99. The summed E-state index contributed by atoms with van der Waals surface area (Å²) in [6.07, 6.45) is 5.77. The quantitative estimate of drug-likeness (QED) is 0.514. The summed E-state index contributed by atoms with van der Waals surface area (Å²) in [6.45, 7) is 9.26. The summed E-state index contributed by atoms with van der Waals surface area (Å²) in [5, 5.41) is 0. The first-order chi connectivity index (χ1) is 11.3. The summed E-state index contributed by atoms with van der Waals surface area (Å²) in [5.74, 6) is 0. The van der Waals surface area contributed by atoms with Gasteiger partial charge in [0.1, 0.15) is 24.4 Å². The Morgan fingerprint density at radius 2 is 1.26 bits per heavy atom. The van der Waals surface area contributed by atoms with Gasteiger partial charge in [0, 0.05) is 19.8 Å². The molecule has 2 saturated heterocycles. The molecule has 0 aromatic rings. The lowest BCUT2D eigenvalue weighted by Gasteiger charge is -2.40. The van der Waals surface area contributed by atoms with E-state index in [0.717, 1.165) is 51.7 Å². The second-order valence-corrected chi connectivity index (χ2v) is 6.44. The predicted octanol–water partition coefficient (Wildman–Crippen LogP) is 3.30. The van der Waals surface area contributed by atoms with Crippen LogP contribution in [0.3, 0.4) is 0 Å². The first-order valence-electron chi connectivity index (χ1n) is 9.43. The van der Waals surface area contributed by atoms with E-state index in [-0.39, 0.29) is 30.7 Å². The summed E-state index contributed by atoms with van der Waals surface area (Å²) in [7, 11) is 0. The van der Waals surface area contributed by atoms with Crippen molar-refractivity contribution in [3.05, 3.63) is 0 Å². The first-order valence-corrected chi connectivity index (χ1v) is 9.43. The van der Waals surface area contributed by atoms with Crippen molar-refractivity contribution in [3.63, 3.8) is 0 Å². The van der Waals surface area contributed by atoms with Crippen molar-refractivity contribution in [2.45, 2.75) is 90.0 Å². The zero-order valence-electron chi connectivity index (χ0n) is 15.0. The third-order valence-electron chi connectivity index (χ3n) is 4.44. The van der Waals surface area contributed by atoms with Crippen molar-refractivity contribution >= 4 is 0 Å². The topological polar surface area (TPSA) is 46.2 Å². The molecule has 5 atom stereocenters. The second kappa shape index (κ2) is 10.6. The van der Waals surface area contributed by atoms with Gasteiger partial charge in [-0.25, -0.2) is 0 Å². The number of fused-ring (bicyclic) bond motifs is 2. The average Bonchev–Trinajstić information content (AvgIpc) is 2.99. The Morgan fingerprint density at radius 1 is 0.739 bits per heavy atom. The molecule has 0 spiro atoms. The highest BCUT2D eigenvalue weighted by molar-refractivity contribution is 4.96. The van der Waals surface area contributed by atoms with Crippen molar-refractivity contribution in [1.82, 2.24) is 0 Å². The van der Waals surface area contributed by atoms with Gasteiger partial charge in [-0.1, -0.05) is 40.0 Å². The van der Waals surface area contributed by atoms with Crippen LogP contribution in [0.4, 0.5) is 0 Å². The van der Waals surface area contributed by atoms with Gasteiger partial charge in [-0.15, -0.1) is 0 Å². The number of ether oxygens (including phenoxy) is 5. The molecule has 2 aliphatic rings. The Kier molecular flexibility index (Phi) is 8.83. The molecule has 0 aliphatic carbocycles. The summed E-state index contributed by atoms with van der Waals surface area (Å²) < 4.78 is 30.1. The number of rotatable bonds is 12. The van der Waals surface area contributed by atoms with E-state index in [1.807, 2.05) is 0 Å². The first kappa shape index (κ1) is 19.1. The standard InChI is InChI=1S/C18H34O5/c1-4-7-10-19-15-14-13-22-18(23-14)17(21-12-9-6-3)16(15)20-11-8-5-2/h14-18H,4-13H2,1-3H3/t14?,15-,16?,17?,18+/m0/s1. The minimum absolute atomic E-state index is 0.0329. The lowest BCUT2D eigenvalue weighted by atomic mass is 10.00. The van der Waals surface area contributed by atoms with Gasteiger partial charge in [0.25, 0.3) is 0 Å². The molecule has 0 aromatic heterocycles. The summed E-state index contributed by atoms with van der Waals surface area (Å²) in [4.78, 5) is 0. The Bertz CT molecular complexity index is 288. The largest absolute Gasteiger partial charge is 0.373 e. The van der Waals surface area contributed by atoms with Gasteiger partial charge in [0.05, 0.1) is 6.61 Å². The molecule has 2 rings (SSSR count). The highest BCUT2D eigenvalue weighted by atomic mass is 16.8. The van der Waals surface area contributed by atoms with E-state index in [4.69, 9.17) is 23.7 Å². The summed E-state index contributed by atoms with van der Waals surface area (Å²) >= 11 is 0. The van der Waals surface area contributed by atoms with Crippen LogP contribution in [0.5, 0.6) is 0 Å². The van der Waals surface area contributed by atoms with Crippen LogP contribution in [-0.4, -0.2) is 57.1 Å². The minimum Gasteiger partial charge on any atom is -0.373 e. The third-order valence-corrected chi connectivity index (χ3v) is 4.44. The maximum atomic E-state index is 6.18. The van der Waals surface area contributed by atoms with Crippen LogP contribution < -0.4 is 0 Å². The van der Waals surface area contributed by atoms with E-state index >= 15 is 0 Å². The monoisotopic (exact) mass is 330 g/mol. The van der Waals surface area contributed by atoms with Gasteiger partial charge < -0.3 is 23.7 Å². The molecule has 2 heterocycles. The van der Waals surface area contributed by atoms with Crippen LogP contribution in [0.15, 0.2) is 0 Å². The molecule has 23 heavy (non-hydrogen) atoms. The maximum absolute atomic E-state index is 6.18. The predicted molar refractivity (Wildman–Crippen MR) is 88.6 cm³/mol. The Morgan fingerprint density at radius 3 is 1.83 bits per heavy atom. The van der Waals surface area contributed by atoms with E-state index in [1.54, 1.807) is 0 Å². The van der Waals surface area contributed by atoms with Gasteiger partial charge >= 0.3 is 0 Å². The van der Waals surface area contributed by atoms with E-state index in [1.165, 1.54) is 0 Å². The van der Waals surface area contributed by atoms with Crippen molar-refractivity contribution < 1.29 is 23.7 Å². The van der Waals surface area contributed by atoms with E-state index in [2.05, 4.69) is 20.8 Å². The number of hydrogen-bond donors (Lipinski definition) is 0.